The normalized spacial score (nSPS) is 47.9. The Morgan fingerprint density at radius 2 is 1.63 bits per heavy atom. The van der Waals surface area contributed by atoms with Gasteiger partial charge in [0.05, 0.1) is 6.10 Å². The zero-order chi connectivity index (χ0) is 14.0. The van der Waals surface area contributed by atoms with E-state index in [1.807, 2.05) is 0 Å². The van der Waals surface area contributed by atoms with Gasteiger partial charge in [-0.05, 0) is 62.2 Å². The molecule has 2 heteroatoms. The molecule has 0 aromatic carbocycles. The van der Waals surface area contributed by atoms with E-state index in [0.717, 1.165) is 56.1 Å². The predicted molar refractivity (Wildman–Crippen MR) is 78.0 cm³/mol. The fourth-order valence-corrected chi connectivity index (χ4v) is 3.78. The van der Waals surface area contributed by atoms with E-state index in [0.29, 0.717) is 12.0 Å². The van der Waals surface area contributed by atoms with Crippen LogP contribution in [0.25, 0.3) is 0 Å². The van der Waals surface area contributed by atoms with Crippen molar-refractivity contribution in [1.82, 2.24) is 0 Å². The van der Waals surface area contributed by atoms with Crippen molar-refractivity contribution >= 4 is 6.29 Å². The van der Waals surface area contributed by atoms with Crippen LogP contribution < -0.4 is 0 Å². The molecule has 0 heterocycles. The van der Waals surface area contributed by atoms with Crippen LogP contribution in [0.5, 0.6) is 0 Å². The van der Waals surface area contributed by atoms with Gasteiger partial charge in [-0.2, -0.15) is 0 Å². The van der Waals surface area contributed by atoms with E-state index in [2.05, 4.69) is 27.7 Å². The van der Waals surface area contributed by atoms with E-state index in [-0.39, 0.29) is 0 Å². The smallest absolute Gasteiger partial charge is 0.151 e. The molecule has 2 fully saturated rings. The third kappa shape index (κ3) is 3.39. The lowest BCUT2D eigenvalue weighted by Crippen LogP contribution is -2.45. The van der Waals surface area contributed by atoms with Crippen LogP contribution in [-0.2, 0) is 9.53 Å². The summed E-state index contributed by atoms with van der Waals surface area (Å²) in [5.41, 5.74) is -0.475. The summed E-state index contributed by atoms with van der Waals surface area (Å²) in [6.45, 7) is 9.21. The van der Waals surface area contributed by atoms with Crippen molar-refractivity contribution in [2.45, 2.75) is 77.9 Å². The van der Waals surface area contributed by atoms with Crippen LogP contribution >= 0.6 is 0 Å². The fourth-order valence-electron chi connectivity index (χ4n) is 3.78. The molecule has 0 aliphatic heterocycles. The van der Waals surface area contributed by atoms with Crippen molar-refractivity contribution in [1.29, 1.82) is 0 Å². The highest BCUT2D eigenvalue weighted by molar-refractivity contribution is 5.62. The standard InChI is InChI=1S/C17H30O2/c1-12-5-6-16(9-14(12)3)19-17(11-18)8-7-13(2)15(4)10-17/h11-16H,5-10H2,1-4H3. The molecular formula is C17H30O2. The van der Waals surface area contributed by atoms with Crippen molar-refractivity contribution < 1.29 is 9.53 Å². The van der Waals surface area contributed by atoms with Crippen molar-refractivity contribution in [3.8, 4) is 0 Å². The molecule has 0 amide bonds. The molecule has 0 saturated heterocycles. The van der Waals surface area contributed by atoms with E-state index in [4.69, 9.17) is 4.74 Å². The number of rotatable bonds is 3. The highest BCUT2D eigenvalue weighted by Gasteiger charge is 2.41. The Bertz CT molecular complexity index is 314. The van der Waals surface area contributed by atoms with Crippen LogP contribution in [0.2, 0.25) is 0 Å². The van der Waals surface area contributed by atoms with Gasteiger partial charge in [0.1, 0.15) is 5.60 Å². The molecule has 6 unspecified atom stereocenters. The van der Waals surface area contributed by atoms with E-state index in [1.165, 1.54) is 6.42 Å². The van der Waals surface area contributed by atoms with Gasteiger partial charge >= 0.3 is 0 Å². The number of hydrogen-bond acceptors (Lipinski definition) is 2. The molecule has 19 heavy (non-hydrogen) atoms. The minimum Gasteiger partial charge on any atom is -0.364 e. The summed E-state index contributed by atoms with van der Waals surface area (Å²) in [6.07, 6.45) is 7.87. The summed E-state index contributed by atoms with van der Waals surface area (Å²) in [5, 5.41) is 0. The van der Waals surface area contributed by atoms with E-state index >= 15 is 0 Å². The average Bonchev–Trinajstić information content (AvgIpc) is 2.39. The SMILES string of the molecule is CC1CCC(OC2(C=O)CCC(C)C(C)C2)CC1C. The molecule has 0 N–H and O–H groups in total. The Labute approximate surface area is 118 Å². The Morgan fingerprint density at radius 1 is 0.947 bits per heavy atom. The zero-order valence-corrected chi connectivity index (χ0v) is 13.0. The lowest BCUT2D eigenvalue weighted by atomic mass is 9.73. The lowest BCUT2D eigenvalue weighted by molar-refractivity contribution is -0.159. The largest absolute Gasteiger partial charge is 0.364 e. The summed E-state index contributed by atoms with van der Waals surface area (Å²) in [4.78, 5) is 11.6. The number of carbonyl (C=O) groups is 1. The maximum atomic E-state index is 11.6. The quantitative estimate of drug-likeness (QED) is 0.715. The molecule has 2 aliphatic carbocycles. The van der Waals surface area contributed by atoms with Gasteiger partial charge in [0.2, 0.25) is 0 Å². The topological polar surface area (TPSA) is 26.3 Å². The number of hydrogen-bond donors (Lipinski definition) is 0. The molecule has 0 aromatic heterocycles. The van der Waals surface area contributed by atoms with Crippen LogP contribution in [-0.4, -0.2) is 18.0 Å². The zero-order valence-electron chi connectivity index (χ0n) is 13.0. The van der Waals surface area contributed by atoms with Gasteiger partial charge in [-0.1, -0.05) is 27.7 Å². The second kappa shape index (κ2) is 5.95. The number of aldehydes is 1. The summed E-state index contributed by atoms with van der Waals surface area (Å²) >= 11 is 0. The van der Waals surface area contributed by atoms with Gasteiger partial charge < -0.3 is 9.53 Å². The highest BCUT2D eigenvalue weighted by Crippen LogP contribution is 2.41. The lowest BCUT2D eigenvalue weighted by Gasteiger charge is -2.43. The summed E-state index contributed by atoms with van der Waals surface area (Å²) in [5.74, 6) is 2.85. The van der Waals surface area contributed by atoms with Crippen molar-refractivity contribution in [2.75, 3.05) is 0 Å². The maximum absolute atomic E-state index is 11.6. The molecular weight excluding hydrogens is 236 g/mol. The summed E-state index contributed by atoms with van der Waals surface area (Å²) in [6, 6.07) is 0. The predicted octanol–water partition coefficient (Wildman–Crippen LogP) is 4.22. The monoisotopic (exact) mass is 266 g/mol. The molecule has 2 rings (SSSR count). The third-order valence-electron chi connectivity index (χ3n) is 5.83. The van der Waals surface area contributed by atoms with Crippen LogP contribution in [0.4, 0.5) is 0 Å². The van der Waals surface area contributed by atoms with E-state index in [9.17, 15) is 4.79 Å². The second-order valence-corrected chi connectivity index (χ2v) is 7.39. The molecule has 0 bridgehead atoms. The van der Waals surface area contributed by atoms with E-state index in [1.54, 1.807) is 0 Å². The molecule has 2 nitrogen and oxygen atoms in total. The van der Waals surface area contributed by atoms with Crippen molar-refractivity contribution in [3.63, 3.8) is 0 Å². The van der Waals surface area contributed by atoms with Crippen molar-refractivity contribution in [3.05, 3.63) is 0 Å². The molecule has 2 saturated carbocycles. The first kappa shape index (κ1) is 15.0. The average molecular weight is 266 g/mol. The molecule has 0 radical (unpaired) electrons. The Balaban J connectivity index is 1.97. The van der Waals surface area contributed by atoms with E-state index < -0.39 is 5.60 Å². The van der Waals surface area contributed by atoms with Crippen LogP contribution in [0.15, 0.2) is 0 Å². The van der Waals surface area contributed by atoms with Gasteiger partial charge in [-0.25, -0.2) is 0 Å². The maximum Gasteiger partial charge on any atom is 0.151 e. The molecule has 0 spiro atoms. The van der Waals surface area contributed by atoms with Crippen LogP contribution in [0.3, 0.4) is 0 Å². The highest BCUT2D eigenvalue weighted by atomic mass is 16.5. The fraction of sp³-hybridized carbons (Fsp3) is 0.941. The van der Waals surface area contributed by atoms with Gasteiger partial charge in [0, 0.05) is 0 Å². The first-order chi connectivity index (χ1) is 8.96. The van der Waals surface area contributed by atoms with Crippen molar-refractivity contribution in [2.24, 2.45) is 23.7 Å². The van der Waals surface area contributed by atoms with Gasteiger partial charge in [0.25, 0.3) is 0 Å². The molecule has 110 valence electrons. The van der Waals surface area contributed by atoms with Crippen LogP contribution in [0.1, 0.15) is 66.2 Å². The Kier molecular flexibility index (Phi) is 4.70. The Morgan fingerprint density at radius 3 is 2.21 bits per heavy atom. The van der Waals surface area contributed by atoms with Gasteiger partial charge in [0.15, 0.2) is 6.29 Å². The first-order valence-corrected chi connectivity index (χ1v) is 8.10. The molecule has 0 aromatic rings. The molecule has 6 atom stereocenters. The number of carbonyl (C=O) groups excluding carboxylic acids is 1. The summed E-state index contributed by atoms with van der Waals surface area (Å²) in [7, 11) is 0. The summed E-state index contributed by atoms with van der Waals surface area (Å²) < 4.78 is 6.34. The first-order valence-electron chi connectivity index (χ1n) is 8.10. The van der Waals surface area contributed by atoms with Gasteiger partial charge in [-0.15, -0.1) is 0 Å². The molecule has 2 aliphatic rings. The minimum absolute atomic E-state index is 0.303. The van der Waals surface area contributed by atoms with Crippen LogP contribution in [0, 0.1) is 23.7 Å². The number of ether oxygens (including phenoxy) is 1. The minimum atomic E-state index is -0.475. The second-order valence-electron chi connectivity index (χ2n) is 7.39. The Hall–Kier alpha value is -0.370. The third-order valence-corrected chi connectivity index (χ3v) is 5.83. The van der Waals surface area contributed by atoms with Gasteiger partial charge in [-0.3, -0.25) is 0 Å².